The SMILES string of the molecule is O=C(O)[C@H](Cc1ccc(O)c(O)c1)Nc1ccccc1. The molecule has 0 unspecified atom stereocenters. The molecule has 5 heteroatoms. The van der Waals surface area contributed by atoms with E-state index in [0.29, 0.717) is 11.3 Å². The minimum atomic E-state index is -0.985. The number of hydrogen-bond acceptors (Lipinski definition) is 4. The van der Waals surface area contributed by atoms with Crippen molar-refractivity contribution in [1.29, 1.82) is 0 Å². The average molecular weight is 273 g/mol. The number of hydrogen-bond donors (Lipinski definition) is 4. The molecule has 0 heterocycles. The highest BCUT2D eigenvalue weighted by atomic mass is 16.4. The molecule has 104 valence electrons. The molecule has 0 radical (unpaired) electrons. The van der Waals surface area contributed by atoms with E-state index in [-0.39, 0.29) is 17.9 Å². The molecule has 2 aromatic carbocycles. The molecular weight excluding hydrogens is 258 g/mol. The third-order valence-corrected chi connectivity index (χ3v) is 2.89. The zero-order chi connectivity index (χ0) is 14.5. The summed E-state index contributed by atoms with van der Waals surface area (Å²) in [6.07, 6.45) is 0.193. The van der Waals surface area contributed by atoms with E-state index in [1.165, 1.54) is 12.1 Å². The molecular formula is C15H15NO4. The van der Waals surface area contributed by atoms with Crippen molar-refractivity contribution in [3.8, 4) is 11.5 Å². The predicted molar refractivity (Wildman–Crippen MR) is 75.0 cm³/mol. The molecule has 0 saturated heterocycles. The lowest BCUT2D eigenvalue weighted by Gasteiger charge is -2.16. The Morgan fingerprint density at radius 3 is 2.35 bits per heavy atom. The molecule has 4 N–H and O–H groups in total. The minimum Gasteiger partial charge on any atom is -0.504 e. The Balaban J connectivity index is 2.13. The molecule has 0 aliphatic carbocycles. The van der Waals surface area contributed by atoms with Gasteiger partial charge in [-0.05, 0) is 29.8 Å². The highest BCUT2D eigenvalue weighted by molar-refractivity contribution is 5.77. The van der Waals surface area contributed by atoms with Gasteiger partial charge in [-0.1, -0.05) is 24.3 Å². The van der Waals surface area contributed by atoms with Crippen molar-refractivity contribution in [3.63, 3.8) is 0 Å². The van der Waals surface area contributed by atoms with Crippen molar-refractivity contribution in [1.82, 2.24) is 0 Å². The molecule has 1 atom stereocenters. The monoisotopic (exact) mass is 273 g/mol. The summed E-state index contributed by atoms with van der Waals surface area (Å²) in [6.45, 7) is 0. The Morgan fingerprint density at radius 1 is 1.05 bits per heavy atom. The normalized spacial score (nSPS) is 11.8. The summed E-state index contributed by atoms with van der Waals surface area (Å²) >= 11 is 0. The smallest absolute Gasteiger partial charge is 0.326 e. The zero-order valence-corrected chi connectivity index (χ0v) is 10.7. The molecule has 0 bridgehead atoms. The summed E-state index contributed by atoms with van der Waals surface area (Å²) in [5, 5.41) is 30.8. The number of phenols is 2. The first-order chi connectivity index (χ1) is 9.56. The fraction of sp³-hybridized carbons (Fsp3) is 0.133. The molecule has 0 aliphatic rings. The Hall–Kier alpha value is -2.69. The second-order valence-electron chi connectivity index (χ2n) is 4.43. The molecule has 0 amide bonds. The molecule has 0 aromatic heterocycles. The van der Waals surface area contributed by atoms with Crippen LogP contribution in [0.3, 0.4) is 0 Å². The molecule has 20 heavy (non-hydrogen) atoms. The summed E-state index contributed by atoms with van der Waals surface area (Å²) in [4.78, 5) is 11.3. The standard InChI is InChI=1S/C15H15NO4/c17-13-7-6-10(9-14(13)18)8-12(15(19)20)16-11-4-2-1-3-5-11/h1-7,9,12,16-18H,8H2,(H,19,20)/t12-/m0/s1. The lowest BCUT2D eigenvalue weighted by Crippen LogP contribution is -2.31. The third-order valence-electron chi connectivity index (χ3n) is 2.89. The number of carbonyl (C=O) groups is 1. The van der Waals surface area contributed by atoms with Crippen molar-refractivity contribution < 1.29 is 20.1 Å². The topological polar surface area (TPSA) is 89.8 Å². The second-order valence-corrected chi connectivity index (χ2v) is 4.43. The number of carboxylic acid groups (broad SMARTS) is 1. The van der Waals surface area contributed by atoms with Crippen molar-refractivity contribution in [2.24, 2.45) is 0 Å². The first-order valence-corrected chi connectivity index (χ1v) is 6.11. The van der Waals surface area contributed by atoms with Gasteiger partial charge in [-0.15, -0.1) is 0 Å². The number of anilines is 1. The maximum absolute atomic E-state index is 11.3. The number of carboxylic acids is 1. The Labute approximate surface area is 116 Å². The van der Waals surface area contributed by atoms with Crippen LogP contribution in [0.15, 0.2) is 48.5 Å². The highest BCUT2D eigenvalue weighted by Gasteiger charge is 2.18. The van der Waals surface area contributed by atoms with Gasteiger partial charge >= 0.3 is 5.97 Å². The zero-order valence-electron chi connectivity index (χ0n) is 10.7. The fourth-order valence-electron chi connectivity index (χ4n) is 1.87. The number of benzene rings is 2. The summed E-state index contributed by atoms with van der Waals surface area (Å²) in [7, 11) is 0. The molecule has 0 fully saturated rings. The van der Waals surface area contributed by atoms with Crippen LogP contribution in [-0.4, -0.2) is 27.3 Å². The lowest BCUT2D eigenvalue weighted by atomic mass is 10.0. The van der Waals surface area contributed by atoms with Gasteiger partial charge in [0.15, 0.2) is 11.5 Å². The van der Waals surface area contributed by atoms with Crippen LogP contribution in [0.4, 0.5) is 5.69 Å². The van der Waals surface area contributed by atoms with Gasteiger partial charge < -0.3 is 20.6 Å². The van der Waals surface area contributed by atoms with Crippen molar-refractivity contribution in [2.45, 2.75) is 12.5 Å². The lowest BCUT2D eigenvalue weighted by molar-refractivity contribution is -0.137. The molecule has 0 spiro atoms. The van der Waals surface area contributed by atoms with E-state index < -0.39 is 12.0 Å². The van der Waals surface area contributed by atoms with Crippen LogP contribution in [0, 0.1) is 0 Å². The Bertz CT molecular complexity index is 598. The van der Waals surface area contributed by atoms with Gasteiger partial charge in [0, 0.05) is 12.1 Å². The van der Waals surface area contributed by atoms with Crippen LogP contribution in [0.5, 0.6) is 11.5 Å². The fourth-order valence-corrected chi connectivity index (χ4v) is 1.87. The number of rotatable bonds is 5. The van der Waals surface area contributed by atoms with Crippen LogP contribution in [0.25, 0.3) is 0 Å². The summed E-state index contributed by atoms with van der Waals surface area (Å²) in [6, 6.07) is 12.5. The first kappa shape index (κ1) is 13.7. The summed E-state index contributed by atoms with van der Waals surface area (Å²) in [5.74, 6) is -1.47. The van der Waals surface area contributed by atoms with E-state index in [4.69, 9.17) is 0 Å². The van der Waals surface area contributed by atoms with Gasteiger partial charge in [-0.3, -0.25) is 0 Å². The maximum Gasteiger partial charge on any atom is 0.326 e. The van der Waals surface area contributed by atoms with Crippen LogP contribution in [-0.2, 0) is 11.2 Å². The van der Waals surface area contributed by atoms with Gasteiger partial charge in [-0.2, -0.15) is 0 Å². The quantitative estimate of drug-likeness (QED) is 0.627. The summed E-state index contributed by atoms with van der Waals surface area (Å²) < 4.78 is 0. The largest absolute Gasteiger partial charge is 0.504 e. The number of aromatic hydroxyl groups is 2. The Morgan fingerprint density at radius 2 is 1.75 bits per heavy atom. The van der Waals surface area contributed by atoms with E-state index in [2.05, 4.69) is 5.32 Å². The molecule has 5 nitrogen and oxygen atoms in total. The number of para-hydroxylation sites is 1. The first-order valence-electron chi connectivity index (χ1n) is 6.11. The van der Waals surface area contributed by atoms with Gasteiger partial charge in [0.2, 0.25) is 0 Å². The molecule has 0 aliphatic heterocycles. The second kappa shape index (κ2) is 5.97. The third kappa shape index (κ3) is 3.41. The van der Waals surface area contributed by atoms with Crippen molar-refractivity contribution >= 4 is 11.7 Å². The predicted octanol–water partition coefficient (Wildman–Crippen LogP) is 2.21. The van der Waals surface area contributed by atoms with E-state index in [1.807, 2.05) is 18.2 Å². The van der Waals surface area contributed by atoms with E-state index in [0.717, 1.165) is 0 Å². The average Bonchev–Trinajstić information content (AvgIpc) is 2.43. The number of aliphatic carboxylic acids is 1. The minimum absolute atomic E-state index is 0.193. The molecule has 0 saturated carbocycles. The van der Waals surface area contributed by atoms with E-state index in [9.17, 15) is 20.1 Å². The number of nitrogens with one attached hydrogen (secondary N) is 1. The molecule has 2 aromatic rings. The van der Waals surface area contributed by atoms with Crippen LogP contribution in [0.2, 0.25) is 0 Å². The maximum atomic E-state index is 11.3. The Kier molecular flexibility index (Phi) is 4.10. The number of phenolic OH excluding ortho intramolecular Hbond substituents is 2. The van der Waals surface area contributed by atoms with E-state index >= 15 is 0 Å². The van der Waals surface area contributed by atoms with Crippen molar-refractivity contribution in [3.05, 3.63) is 54.1 Å². The summed E-state index contributed by atoms with van der Waals surface area (Å²) in [5.41, 5.74) is 1.33. The van der Waals surface area contributed by atoms with Crippen LogP contribution < -0.4 is 5.32 Å². The van der Waals surface area contributed by atoms with Crippen LogP contribution >= 0.6 is 0 Å². The highest BCUT2D eigenvalue weighted by Crippen LogP contribution is 2.25. The van der Waals surface area contributed by atoms with Gasteiger partial charge in [0.05, 0.1) is 0 Å². The van der Waals surface area contributed by atoms with E-state index in [1.54, 1.807) is 18.2 Å². The van der Waals surface area contributed by atoms with Gasteiger partial charge in [0.1, 0.15) is 6.04 Å². The molecule has 2 rings (SSSR count). The van der Waals surface area contributed by atoms with Gasteiger partial charge in [0.25, 0.3) is 0 Å². The van der Waals surface area contributed by atoms with Crippen LogP contribution in [0.1, 0.15) is 5.56 Å². The van der Waals surface area contributed by atoms with Gasteiger partial charge in [-0.25, -0.2) is 4.79 Å². The van der Waals surface area contributed by atoms with Crippen molar-refractivity contribution in [2.75, 3.05) is 5.32 Å².